The molecule has 0 atom stereocenters. The van der Waals surface area contributed by atoms with Crippen molar-refractivity contribution in [2.45, 2.75) is 45.4 Å². The Kier molecular flexibility index (Phi) is 5.10. The van der Waals surface area contributed by atoms with Crippen molar-refractivity contribution in [2.24, 2.45) is 0 Å². The number of rotatable bonds is 8. The van der Waals surface area contributed by atoms with Crippen molar-refractivity contribution in [3.05, 3.63) is 18.1 Å². The fourth-order valence-electron chi connectivity index (χ4n) is 1.71. The Morgan fingerprint density at radius 3 is 2.74 bits per heavy atom. The maximum Gasteiger partial charge on any atom is 0.146 e. The van der Waals surface area contributed by atoms with Gasteiger partial charge in [-0.3, -0.25) is 4.98 Å². The third-order valence-electron chi connectivity index (χ3n) is 3.11. The number of nitrogens with zero attached hydrogens (tertiary/aromatic N) is 3. The zero-order valence-electron chi connectivity index (χ0n) is 12.1. The molecule has 19 heavy (non-hydrogen) atoms. The molecule has 1 fully saturated rings. The Bertz CT molecular complexity index is 376. The van der Waals surface area contributed by atoms with Crippen LogP contribution in [0.1, 0.15) is 32.4 Å². The Morgan fingerprint density at radius 2 is 2.16 bits per heavy atom. The summed E-state index contributed by atoms with van der Waals surface area (Å²) < 4.78 is 5.53. The molecule has 1 aliphatic carbocycles. The highest BCUT2D eigenvalue weighted by molar-refractivity contribution is 5.34. The molecule has 0 bridgehead atoms. The zero-order valence-corrected chi connectivity index (χ0v) is 12.1. The van der Waals surface area contributed by atoms with Crippen LogP contribution >= 0.6 is 0 Å². The van der Waals surface area contributed by atoms with Crippen molar-refractivity contribution in [3.63, 3.8) is 0 Å². The van der Waals surface area contributed by atoms with E-state index in [0.717, 1.165) is 24.6 Å². The smallest absolute Gasteiger partial charge is 0.146 e. The lowest BCUT2D eigenvalue weighted by Gasteiger charge is -2.18. The van der Waals surface area contributed by atoms with Crippen molar-refractivity contribution in [3.8, 4) is 0 Å². The van der Waals surface area contributed by atoms with Crippen LogP contribution < -0.4 is 10.2 Å². The summed E-state index contributed by atoms with van der Waals surface area (Å²) in [5.74, 6) is 0.891. The molecule has 0 saturated heterocycles. The van der Waals surface area contributed by atoms with Gasteiger partial charge in [-0.25, -0.2) is 4.98 Å². The second kappa shape index (κ2) is 6.82. The zero-order chi connectivity index (χ0) is 13.7. The molecule has 0 amide bonds. The van der Waals surface area contributed by atoms with E-state index in [-0.39, 0.29) is 6.10 Å². The highest BCUT2D eigenvalue weighted by Gasteiger charge is 2.20. The van der Waals surface area contributed by atoms with E-state index in [0.29, 0.717) is 12.6 Å². The second-order valence-corrected chi connectivity index (χ2v) is 5.36. The lowest BCUT2D eigenvalue weighted by Crippen LogP contribution is -2.25. The summed E-state index contributed by atoms with van der Waals surface area (Å²) in [6.45, 7) is 6.44. The first-order valence-electron chi connectivity index (χ1n) is 7.02. The molecule has 0 aliphatic heterocycles. The van der Waals surface area contributed by atoms with Gasteiger partial charge in [0.25, 0.3) is 0 Å². The number of hydrogen-bond acceptors (Lipinski definition) is 5. The number of ether oxygens (including phenoxy) is 1. The predicted molar refractivity (Wildman–Crippen MR) is 76.3 cm³/mol. The lowest BCUT2D eigenvalue weighted by molar-refractivity contribution is 0.0845. The van der Waals surface area contributed by atoms with Gasteiger partial charge in [-0.2, -0.15) is 0 Å². The number of hydrogen-bond donors (Lipinski definition) is 1. The van der Waals surface area contributed by atoms with Crippen molar-refractivity contribution in [1.29, 1.82) is 0 Å². The van der Waals surface area contributed by atoms with Crippen LogP contribution in [0.4, 0.5) is 5.82 Å². The topological polar surface area (TPSA) is 50.3 Å². The first-order valence-corrected chi connectivity index (χ1v) is 7.02. The van der Waals surface area contributed by atoms with E-state index in [9.17, 15) is 0 Å². The van der Waals surface area contributed by atoms with E-state index in [1.807, 2.05) is 33.3 Å². The number of nitrogens with one attached hydrogen (secondary N) is 1. The van der Waals surface area contributed by atoms with E-state index in [2.05, 4.69) is 20.2 Å². The summed E-state index contributed by atoms with van der Waals surface area (Å²) in [6.07, 6.45) is 6.55. The normalized spacial score (nSPS) is 14.9. The van der Waals surface area contributed by atoms with E-state index in [1.165, 1.54) is 12.8 Å². The van der Waals surface area contributed by atoms with Crippen molar-refractivity contribution >= 4 is 5.82 Å². The summed E-state index contributed by atoms with van der Waals surface area (Å²) in [5.41, 5.74) is 1.00. The molecule has 1 aromatic rings. The molecule has 1 aliphatic rings. The van der Waals surface area contributed by atoms with Gasteiger partial charge in [0.05, 0.1) is 30.8 Å². The maximum atomic E-state index is 5.53. The number of aromatic nitrogens is 2. The highest BCUT2D eigenvalue weighted by Crippen LogP contribution is 2.19. The first-order chi connectivity index (χ1) is 9.15. The Morgan fingerprint density at radius 1 is 1.37 bits per heavy atom. The summed E-state index contributed by atoms with van der Waals surface area (Å²) in [4.78, 5) is 10.9. The summed E-state index contributed by atoms with van der Waals surface area (Å²) in [5, 5.41) is 3.43. The van der Waals surface area contributed by atoms with E-state index in [4.69, 9.17) is 4.74 Å². The summed E-state index contributed by atoms with van der Waals surface area (Å²) >= 11 is 0. The molecule has 1 heterocycles. The third-order valence-corrected chi connectivity index (χ3v) is 3.11. The molecule has 0 radical (unpaired) electrons. The molecule has 0 spiro atoms. The van der Waals surface area contributed by atoms with E-state index in [1.54, 1.807) is 0 Å². The summed E-state index contributed by atoms with van der Waals surface area (Å²) in [7, 11) is 2.01. The van der Waals surface area contributed by atoms with Crippen LogP contribution in [0.15, 0.2) is 12.4 Å². The van der Waals surface area contributed by atoms with Crippen LogP contribution in [0.5, 0.6) is 0 Å². The highest BCUT2D eigenvalue weighted by atomic mass is 16.5. The summed E-state index contributed by atoms with van der Waals surface area (Å²) in [6, 6.07) is 0.706. The minimum Gasteiger partial charge on any atom is -0.377 e. The minimum absolute atomic E-state index is 0.273. The molecule has 1 N–H and O–H groups in total. The van der Waals surface area contributed by atoms with Gasteiger partial charge in [0, 0.05) is 26.2 Å². The van der Waals surface area contributed by atoms with Crippen LogP contribution in [-0.4, -0.2) is 42.3 Å². The fourth-order valence-corrected chi connectivity index (χ4v) is 1.71. The van der Waals surface area contributed by atoms with Gasteiger partial charge < -0.3 is 15.0 Å². The first kappa shape index (κ1) is 14.2. The fraction of sp³-hybridized carbons (Fsp3) is 0.714. The molecule has 0 unspecified atom stereocenters. The monoisotopic (exact) mass is 264 g/mol. The number of anilines is 1. The van der Waals surface area contributed by atoms with Crippen molar-refractivity contribution in [1.82, 2.24) is 15.3 Å². The quantitative estimate of drug-likeness (QED) is 0.772. The van der Waals surface area contributed by atoms with Gasteiger partial charge in [-0.15, -0.1) is 0 Å². The Labute approximate surface area is 115 Å². The molecular formula is C14H24N4O. The van der Waals surface area contributed by atoms with Crippen molar-refractivity contribution in [2.75, 3.05) is 25.1 Å². The molecule has 0 aromatic carbocycles. The average Bonchev–Trinajstić information content (AvgIpc) is 3.20. The maximum absolute atomic E-state index is 5.53. The van der Waals surface area contributed by atoms with Gasteiger partial charge in [0.15, 0.2) is 0 Å². The molecule has 1 aromatic heterocycles. The van der Waals surface area contributed by atoms with E-state index >= 15 is 0 Å². The molecule has 5 nitrogen and oxygen atoms in total. The van der Waals surface area contributed by atoms with Crippen molar-refractivity contribution < 1.29 is 4.74 Å². The minimum atomic E-state index is 0.273. The van der Waals surface area contributed by atoms with E-state index < -0.39 is 0 Å². The average molecular weight is 264 g/mol. The van der Waals surface area contributed by atoms with Crippen LogP contribution in [0.2, 0.25) is 0 Å². The number of likely N-dealkylation sites (N-methyl/N-ethyl adjacent to an activating group) is 1. The van der Waals surface area contributed by atoms with Gasteiger partial charge in [-0.1, -0.05) is 0 Å². The molecule has 1 saturated carbocycles. The van der Waals surface area contributed by atoms with Gasteiger partial charge >= 0.3 is 0 Å². The van der Waals surface area contributed by atoms with Crippen LogP contribution in [0.25, 0.3) is 0 Å². The lowest BCUT2D eigenvalue weighted by atomic mass is 10.4. The van der Waals surface area contributed by atoms with Gasteiger partial charge in [0.2, 0.25) is 0 Å². The molecule has 5 heteroatoms. The standard InChI is InChI=1S/C14H24N4O/c1-11(2)19-7-6-18(3)14-10-16-13(9-17-14)8-15-12-4-5-12/h9-12,15H,4-8H2,1-3H3. The Balaban J connectivity index is 1.75. The molecule has 106 valence electrons. The molecular weight excluding hydrogens is 240 g/mol. The second-order valence-electron chi connectivity index (χ2n) is 5.36. The predicted octanol–water partition coefficient (Wildman–Crippen LogP) is 1.59. The van der Waals surface area contributed by atoms with Gasteiger partial charge in [0.1, 0.15) is 5.82 Å². The third kappa shape index (κ3) is 5.12. The largest absolute Gasteiger partial charge is 0.377 e. The Hall–Kier alpha value is -1.20. The van der Waals surface area contributed by atoms with Gasteiger partial charge in [-0.05, 0) is 26.7 Å². The SMILES string of the molecule is CC(C)OCCN(C)c1cnc(CNC2CC2)cn1. The van der Waals surface area contributed by atoms with Crippen LogP contribution in [0.3, 0.4) is 0 Å². The molecule has 2 rings (SSSR count). The van der Waals surface area contributed by atoms with Crippen LogP contribution in [-0.2, 0) is 11.3 Å². The van der Waals surface area contributed by atoms with Crippen LogP contribution in [0, 0.1) is 0 Å².